The number of hydrogen-bond acceptors (Lipinski definition) is 5. The Morgan fingerprint density at radius 1 is 1.38 bits per heavy atom. The second-order valence-corrected chi connectivity index (χ2v) is 6.21. The van der Waals surface area contributed by atoms with Gasteiger partial charge < -0.3 is 9.15 Å². The van der Waals surface area contributed by atoms with Crippen LogP contribution in [0.3, 0.4) is 0 Å². The summed E-state index contributed by atoms with van der Waals surface area (Å²) in [6, 6.07) is 9.91. The molecular weight excluding hydrogens is 304 g/mol. The quantitative estimate of drug-likeness (QED) is 0.787. The average molecular weight is 328 g/mol. The molecule has 0 bridgehead atoms. The third-order valence-electron chi connectivity index (χ3n) is 4.41. The first kappa shape index (κ1) is 16.7. The second-order valence-electron chi connectivity index (χ2n) is 6.21. The van der Waals surface area contributed by atoms with Crippen LogP contribution in [0.5, 0.6) is 0 Å². The molecule has 0 saturated carbocycles. The van der Waals surface area contributed by atoms with Crippen molar-refractivity contribution in [3.05, 3.63) is 41.8 Å². The number of carbonyl (C=O) groups is 1. The molecule has 0 radical (unpaired) electrons. The summed E-state index contributed by atoms with van der Waals surface area (Å²) in [6.45, 7) is 6.65. The minimum Gasteiger partial charge on any atom is -0.466 e. The van der Waals surface area contributed by atoms with Gasteiger partial charge in [0.1, 0.15) is 5.76 Å². The van der Waals surface area contributed by atoms with Crippen molar-refractivity contribution in [3.63, 3.8) is 0 Å². The smallest absolute Gasteiger partial charge is 0.310 e. The molecule has 1 aromatic heterocycles. The van der Waals surface area contributed by atoms with Gasteiger partial charge in [-0.15, -0.1) is 0 Å². The zero-order valence-electron chi connectivity index (χ0n) is 14.3. The Kier molecular flexibility index (Phi) is 5.30. The summed E-state index contributed by atoms with van der Waals surface area (Å²) >= 11 is 0. The fourth-order valence-electron chi connectivity index (χ4n) is 3.14. The number of oxazole rings is 1. The number of likely N-dealkylation sites (tertiary alicyclic amines) is 1. The molecule has 5 nitrogen and oxygen atoms in total. The highest BCUT2D eigenvalue weighted by atomic mass is 16.5. The third kappa shape index (κ3) is 3.85. The Morgan fingerprint density at radius 3 is 2.92 bits per heavy atom. The van der Waals surface area contributed by atoms with Crippen LogP contribution in [0.25, 0.3) is 11.5 Å². The lowest BCUT2D eigenvalue weighted by atomic mass is 9.98. The van der Waals surface area contributed by atoms with Crippen molar-refractivity contribution in [1.82, 2.24) is 9.88 Å². The minimum atomic E-state index is -0.0796. The van der Waals surface area contributed by atoms with Crippen molar-refractivity contribution in [2.24, 2.45) is 5.92 Å². The number of hydrogen-bond donors (Lipinski definition) is 0. The summed E-state index contributed by atoms with van der Waals surface area (Å²) in [5.74, 6) is 1.39. The van der Waals surface area contributed by atoms with Crippen LogP contribution >= 0.6 is 0 Å². The van der Waals surface area contributed by atoms with E-state index >= 15 is 0 Å². The Hall–Kier alpha value is -2.14. The Labute approximate surface area is 142 Å². The molecule has 1 saturated heterocycles. The van der Waals surface area contributed by atoms with Crippen LogP contribution in [0.2, 0.25) is 0 Å². The van der Waals surface area contributed by atoms with E-state index in [1.165, 1.54) is 0 Å². The van der Waals surface area contributed by atoms with E-state index < -0.39 is 0 Å². The number of piperidine rings is 1. The van der Waals surface area contributed by atoms with Crippen LogP contribution < -0.4 is 0 Å². The van der Waals surface area contributed by atoms with Gasteiger partial charge in [-0.1, -0.05) is 18.2 Å². The molecule has 3 rings (SSSR count). The molecule has 1 aliphatic rings. The van der Waals surface area contributed by atoms with Crippen molar-refractivity contribution < 1.29 is 13.9 Å². The van der Waals surface area contributed by atoms with Crippen molar-refractivity contribution in [3.8, 4) is 11.5 Å². The van der Waals surface area contributed by atoms with Crippen molar-refractivity contribution >= 4 is 5.97 Å². The second kappa shape index (κ2) is 7.62. The summed E-state index contributed by atoms with van der Waals surface area (Å²) in [5, 5.41) is 0. The van der Waals surface area contributed by atoms with Crippen LogP contribution in [0.1, 0.15) is 31.2 Å². The zero-order chi connectivity index (χ0) is 16.9. The fraction of sp³-hybridized carbons (Fsp3) is 0.474. The summed E-state index contributed by atoms with van der Waals surface area (Å²) in [4.78, 5) is 18.9. The molecule has 2 aromatic rings. The highest BCUT2D eigenvalue weighted by Crippen LogP contribution is 2.24. The summed E-state index contributed by atoms with van der Waals surface area (Å²) < 4.78 is 11.0. The first-order valence-electron chi connectivity index (χ1n) is 8.58. The van der Waals surface area contributed by atoms with Gasteiger partial charge in [0.2, 0.25) is 5.89 Å². The Morgan fingerprint density at radius 2 is 2.17 bits per heavy atom. The van der Waals surface area contributed by atoms with Crippen LogP contribution in [-0.4, -0.2) is 35.5 Å². The van der Waals surface area contributed by atoms with Gasteiger partial charge in [-0.25, -0.2) is 4.98 Å². The van der Waals surface area contributed by atoms with E-state index in [1.807, 2.05) is 44.2 Å². The molecule has 0 N–H and O–H groups in total. The van der Waals surface area contributed by atoms with Crippen molar-refractivity contribution in [1.29, 1.82) is 0 Å². The molecule has 0 aliphatic carbocycles. The van der Waals surface area contributed by atoms with Gasteiger partial charge in [-0.05, 0) is 45.4 Å². The molecule has 128 valence electrons. The number of nitrogens with zero attached hydrogens (tertiary/aromatic N) is 2. The van der Waals surface area contributed by atoms with Crippen LogP contribution in [0, 0.1) is 12.8 Å². The molecule has 1 fully saturated rings. The lowest BCUT2D eigenvalue weighted by molar-refractivity contribution is -0.150. The number of benzene rings is 1. The van der Waals surface area contributed by atoms with Gasteiger partial charge >= 0.3 is 5.97 Å². The minimum absolute atomic E-state index is 0.0282. The number of aromatic nitrogens is 1. The lowest BCUT2D eigenvalue weighted by Crippen LogP contribution is -2.39. The lowest BCUT2D eigenvalue weighted by Gasteiger charge is -2.30. The summed E-state index contributed by atoms with van der Waals surface area (Å²) in [5.41, 5.74) is 1.92. The van der Waals surface area contributed by atoms with E-state index in [1.54, 1.807) is 0 Å². The topological polar surface area (TPSA) is 55.6 Å². The predicted molar refractivity (Wildman–Crippen MR) is 91.3 cm³/mol. The van der Waals surface area contributed by atoms with Crippen LogP contribution in [0.4, 0.5) is 0 Å². The van der Waals surface area contributed by atoms with E-state index in [4.69, 9.17) is 9.15 Å². The summed E-state index contributed by atoms with van der Waals surface area (Å²) in [7, 11) is 0. The monoisotopic (exact) mass is 328 g/mol. The number of carbonyl (C=O) groups excluding carboxylic acids is 1. The zero-order valence-corrected chi connectivity index (χ0v) is 14.3. The van der Waals surface area contributed by atoms with E-state index in [0.717, 1.165) is 42.9 Å². The first-order valence-corrected chi connectivity index (χ1v) is 8.58. The highest BCUT2D eigenvalue weighted by Gasteiger charge is 2.27. The van der Waals surface area contributed by atoms with E-state index in [2.05, 4.69) is 9.88 Å². The van der Waals surface area contributed by atoms with Gasteiger partial charge in [-0.2, -0.15) is 0 Å². The molecule has 0 spiro atoms. The SMILES string of the molecule is CCOC(=O)[C@@H]1CCCN(Cc2nc(-c3ccccc3)oc2C)C1. The van der Waals surface area contributed by atoms with Crippen LogP contribution in [-0.2, 0) is 16.1 Å². The predicted octanol–water partition coefficient (Wildman–Crippen LogP) is 3.43. The van der Waals surface area contributed by atoms with Crippen LogP contribution in [0.15, 0.2) is 34.7 Å². The molecule has 0 amide bonds. The molecule has 2 heterocycles. The highest BCUT2D eigenvalue weighted by molar-refractivity contribution is 5.72. The van der Waals surface area contributed by atoms with Crippen molar-refractivity contribution in [2.45, 2.75) is 33.2 Å². The van der Waals surface area contributed by atoms with Crippen molar-refractivity contribution in [2.75, 3.05) is 19.7 Å². The molecular formula is C19H24N2O3. The number of aryl methyl sites for hydroxylation is 1. The Balaban J connectivity index is 1.68. The van der Waals surface area contributed by atoms with Gasteiger partial charge in [0, 0.05) is 18.7 Å². The van der Waals surface area contributed by atoms with Gasteiger partial charge in [0.15, 0.2) is 0 Å². The fourth-order valence-corrected chi connectivity index (χ4v) is 3.14. The maximum Gasteiger partial charge on any atom is 0.310 e. The third-order valence-corrected chi connectivity index (χ3v) is 4.41. The van der Waals surface area contributed by atoms with Gasteiger partial charge in [0.05, 0.1) is 18.2 Å². The largest absolute Gasteiger partial charge is 0.466 e. The number of esters is 1. The summed E-state index contributed by atoms with van der Waals surface area (Å²) in [6.07, 6.45) is 1.91. The van der Waals surface area contributed by atoms with E-state index in [0.29, 0.717) is 19.0 Å². The van der Waals surface area contributed by atoms with Gasteiger partial charge in [0.25, 0.3) is 0 Å². The normalized spacial score (nSPS) is 18.5. The molecule has 0 unspecified atom stereocenters. The number of rotatable bonds is 5. The van der Waals surface area contributed by atoms with E-state index in [-0.39, 0.29) is 11.9 Å². The van der Waals surface area contributed by atoms with Gasteiger partial charge in [-0.3, -0.25) is 9.69 Å². The maximum absolute atomic E-state index is 12.0. The molecule has 24 heavy (non-hydrogen) atoms. The molecule has 1 aliphatic heterocycles. The number of ether oxygens (including phenoxy) is 1. The molecule has 1 atom stereocenters. The average Bonchev–Trinajstić information content (AvgIpc) is 2.97. The molecule has 5 heteroatoms. The van der Waals surface area contributed by atoms with E-state index in [9.17, 15) is 4.79 Å². The Bertz CT molecular complexity index is 681. The molecule has 1 aromatic carbocycles. The maximum atomic E-state index is 12.0. The first-order chi connectivity index (χ1) is 11.7. The standard InChI is InChI=1S/C19H24N2O3/c1-3-23-19(22)16-10-7-11-21(12-16)13-17-14(2)24-18(20-17)15-8-5-4-6-9-15/h4-6,8-9,16H,3,7,10-13H2,1-2H3/t16-/m1/s1.